The first-order chi connectivity index (χ1) is 6.07. The number of aliphatic carboxylic acids is 1. The average Bonchev–Trinajstić information content (AvgIpc) is 2.09. The third kappa shape index (κ3) is 1.95. The molecule has 1 aliphatic heterocycles. The fourth-order valence-electron chi connectivity index (χ4n) is 0.970. The van der Waals surface area contributed by atoms with Crippen LogP contribution in [0.3, 0.4) is 0 Å². The van der Waals surface area contributed by atoms with Gasteiger partial charge in [0.25, 0.3) is 0 Å². The first kappa shape index (κ1) is 10.4. The minimum Gasteiger partial charge on any atom is -0.479 e. The number of rotatable bonds is 2. The number of carboxylic acid groups (broad SMARTS) is 1. The third-order valence-electron chi connectivity index (χ3n) is 1.75. The van der Waals surface area contributed by atoms with Crippen LogP contribution in [0.2, 0.25) is 0 Å². The van der Waals surface area contributed by atoms with Crippen molar-refractivity contribution in [1.82, 2.24) is 0 Å². The van der Waals surface area contributed by atoms with Crippen LogP contribution < -0.4 is 0 Å². The van der Waals surface area contributed by atoms with Gasteiger partial charge in [-0.3, -0.25) is 0 Å². The van der Waals surface area contributed by atoms with Gasteiger partial charge in [0.2, 0.25) is 6.10 Å². The second kappa shape index (κ2) is 3.99. The van der Waals surface area contributed by atoms with Crippen molar-refractivity contribution < 1.29 is 35.0 Å². The topological polar surface area (TPSA) is 116 Å². The van der Waals surface area contributed by atoms with Gasteiger partial charge in [0.1, 0.15) is 18.3 Å². The zero-order valence-corrected chi connectivity index (χ0v) is 6.53. The fourth-order valence-corrected chi connectivity index (χ4v) is 0.970. The number of carbonyl (C=O) groups is 1. The van der Waals surface area contributed by atoms with Gasteiger partial charge in [0.05, 0.1) is 6.61 Å². The van der Waals surface area contributed by atoms with Crippen LogP contribution in [-0.4, -0.2) is 57.4 Å². The fraction of sp³-hybridized carbons (Fsp3) is 0.833. The lowest BCUT2D eigenvalue weighted by molar-refractivity contribution is -0.408. The molecule has 0 amide bonds. The van der Waals surface area contributed by atoms with Gasteiger partial charge in [-0.15, -0.1) is 0 Å². The minimum absolute atomic E-state index is 0.565. The van der Waals surface area contributed by atoms with Crippen molar-refractivity contribution in [2.75, 3.05) is 6.61 Å². The lowest BCUT2D eigenvalue weighted by Crippen LogP contribution is -2.55. The largest absolute Gasteiger partial charge is 0.479 e. The molecule has 0 aromatic heterocycles. The Hall–Kier alpha value is -0.730. The van der Waals surface area contributed by atoms with Gasteiger partial charge in [-0.1, -0.05) is 0 Å². The molecule has 1 rings (SSSR count). The van der Waals surface area contributed by atoms with Crippen molar-refractivity contribution >= 4 is 5.97 Å². The Morgan fingerprint density at radius 2 is 1.85 bits per heavy atom. The lowest BCUT2D eigenvalue weighted by atomic mass is 10.0. The average molecular weight is 194 g/mol. The molecule has 0 radical (unpaired) electrons. The molecule has 0 saturated carbocycles. The van der Waals surface area contributed by atoms with Gasteiger partial charge in [0.15, 0.2) is 0 Å². The Bertz CT molecular complexity index is 193. The van der Waals surface area contributed by atoms with Crippen molar-refractivity contribution in [2.45, 2.75) is 24.4 Å². The maximum absolute atomic E-state index is 10.4. The molecule has 0 aliphatic carbocycles. The molecule has 1 aliphatic rings. The molecular weight excluding hydrogens is 184 g/mol. The summed E-state index contributed by atoms with van der Waals surface area (Å²) in [6, 6.07) is 0. The standard InChI is InChI=1S/C6H10O7/c7-1-2-3(8)4(9)5(6(10)11)13-12-2/h2-5,7-9H,1H2,(H,10,11). The summed E-state index contributed by atoms with van der Waals surface area (Å²) in [5.74, 6) is -1.44. The molecule has 0 aromatic rings. The molecule has 1 fully saturated rings. The number of hydrogen-bond donors (Lipinski definition) is 4. The van der Waals surface area contributed by atoms with Crippen LogP contribution in [-0.2, 0) is 14.6 Å². The van der Waals surface area contributed by atoms with E-state index in [1.807, 2.05) is 0 Å². The van der Waals surface area contributed by atoms with E-state index in [9.17, 15) is 9.90 Å². The number of aliphatic hydroxyl groups is 3. The first-order valence-electron chi connectivity index (χ1n) is 3.60. The van der Waals surface area contributed by atoms with Crippen LogP contribution in [0.25, 0.3) is 0 Å². The van der Waals surface area contributed by atoms with E-state index in [2.05, 4.69) is 9.78 Å². The van der Waals surface area contributed by atoms with E-state index in [0.717, 1.165) is 0 Å². The molecule has 1 heterocycles. The molecule has 0 bridgehead atoms. The van der Waals surface area contributed by atoms with E-state index in [1.165, 1.54) is 0 Å². The Labute approximate surface area is 73.1 Å². The van der Waals surface area contributed by atoms with Gasteiger partial charge in [-0.05, 0) is 0 Å². The molecule has 4 unspecified atom stereocenters. The van der Waals surface area contributed by atoms with Crippen LogP contribution in [0.15, 0.2) is 0 Å². The zero-order chi connectivity index (χ0) is 10.0. The SMILES string of the molecule is O=C(O)C1OOC(CO)C(O)C1O. The summed E-state index contributed by atoms with van der Waals surface area (Å²) < 4.78 is 0. The molecule has 0 aromatic carbocycles. The Morgan fingerprint density at radius 3 is 2.31 bits per heavy atom. The summed E-state index contributed by atoms with van der Waals surface area (Å²) in [4.78, 5) is 19.0. The normalized spacial score (nSPS) is 40.2. The second-order valence-electron chi connectivity index (χ2n) is 2.65. The number of carboxylic acids is 1. The maximum atomic E-state index is 10.4. The summed E-state index contributed by atoms with van der Waals surface area (Å²) in [5.41, 5.74) is 0. The van der Waals surface area contributed by atoms with E-state index in [-0.39, 0.29) is 0 Å². The third-order valence-corrected chi connectivity index (χ3v) is 1.75. The minimum atomic E-state index is -1.63. The summed E-state index contributed by atoms with van der Waals surface area (Å²) in [7, 11) is 0. The quantitative estimate of drug-likeness (QED) is 0.358. The van der Waals surface area contributed by atoms with Gasteiger partial charge < -0.3 is 20.4 Å². The van der Waals surface area contributed by atoms with Crippen LogP contribution in [0, 0.1) is 0 Å². The van der Waals surface area contributed by atoms with Crippen molar-refractivity contribution in [3.05, 3.63) is 0 Å². The maximum Gasteiger partial charge on any atom is 0.339 e. The van der Waals surface area contributed by atoms with Crippen molar-refractivity contribution in [2.24, 2.45) is 0 Å². The zero-order valence-electron chi connectivity index (χ0n) is 6.53. The number of hydrogen-bond acceptors (Lipinski definition) is 6. The van der Waals surface area contributed by atoms with E-state index >= 15 is 0 Å². The monoisotopic (exact) mass is 194 g/mol. The van der Waals surface area contributed by atoms with Crippen molar-refractivity contribution in [3.63, 3.8) is 0 Å². The summed E-state index contributed by atoms with van der Waals surface area (Å²) in [5, 5.41) is 35.4. The highest BCUT2D eigenvalue weighted by Gasteiger charge is 2.43. The molecule has 7 heteroatoms. The van der Waals surface area contributed by atoms with Crippen LogP contribution in [0.4, 0.5) is 0 Å². The molecule has 4 N–H and O–H groups in total. The Morgan fingerprint density at radius 1 is 1.23 bits per heavy atom. The predicted molar refractivity (Wildman–Crippen MR) is 36.5 cm³/mol. The van der Waals surface area contributed by atoms with E-state index in [0.29, 0.717) is 0 Å². The molecule has 76 valence electrons. The molecule has 1 saturated heterocycles. The van der Waals surface area contributed by atoms with Gasteiger partial charge >= 0.3 is 5.97 Å². The Balaban J connectivity index is 2.64. The molecular formula is C6H10O7. The molecule has 13 heavy (non-hydrogen) atoms. The van der Waals surface area contributed by atoms with E-state index in [4.69, 9.17) is 15.3 Å². The van der Waals surface area contributed by atoms with Crippen LogP contribution in [0.1, 0.15) is 0 Å². The molecule has 7 nitrogen and oxygen atoms in total. The van der Waals surface area contributed by atoms with Crippen molar-refractivity contribution in [3.8, 4) is 0 Å². The summed E-state index contributed by atoms with van der Waals surface area (Å²) in [6.45, 7) is -0.565. The first-order valence-corrected chi connectivity index (χ1v) is 3.60. The summed E-state index contributed by atoms with van der Waals surface area (Å²) in [6.07, 6.45) is -5.83. The predicted octanol–water partition coefficient (Wildman–Crippen LogP) is -2.52. The number of aliphatic hydroxyl groups excluding tert-OH is 3. The summed E-state index contributed by atoms with van der Waals surface area (Å²) >= 11 is 0. The van der Waals surface area contributed by atoms with E-state index < -0.39 is 37.0 Å². The molecule has 0 spiro atoms. The molecule has 4 atom stereocenters. The van der Waals surface area contributed by atoms with Crippen LogP contribution >= 0.6 is 0 Å². The lowest BCUT2D eigenvalue weighted by Gasteiger charge is -2.33. The highest BCUT2D eigenvalue weighted by molar-refractivity contribution is 5.73. The highest BCUT2D eigenvalue weighted by Crippen LogP contribution is 2.17. The van der Waals surface area contributed by atoms with Gasteiger partial charge in [-0.25, -0.2) is 14.6 Å². The van der Waals surface area contributed by atoms with E-state index in [1.54, 1.807) is 0 Å². The van der Waals surface area contributed by atoms with Crippen LogP contribution in [0.5, 0.6) is 0 Å². The Kier molecular flexibility index (Phi) is 3.17. The van der Waals surface area contributed by atoms with Gasteiger partial charge in [-0.2, -0.15) is 0 Å². The smallest absolute Gasteiger partial charge is 0.339 e. The highest BCUT2D eigenvalue weighted by atomic mass is 17.2. The second-order valence-corrected chi connectivity index (χ2v) is 2.65. The van der Waals surface area contributed by atoms with Crippen molar-refractivity contribution in [1.29, 1.82) is 0 Å². The van der Waals surface area contributed by atoms with Gasteiger partial charge in [0, 0.05) is 0 Å².